The average molecular weight is 271 g/mol. The summed E-state index contributed by atoms with van der Waals surface area (Å²) in [7, 11) is 1.41. The van der Waals surface area contributed by atoms with Crippen molar-refractivity contribution in [2.24, 2.45) is 4.99 Å². The molecule has 3 aromatic rings. The number of aromatic nitrogens is 4. The van der Waals surface area contributed by atoms with Gasteiger partial charge >= 0.3 is 0 Å². The molecule has 100 valence electrons. The Hall–Kier alpha value is -2.83. The van der Waals surface area contributed by atoms with Crippen LogP contribution in [-0.2, 0) is 0 Å². The van der Waals surface area contributed by atoms with E-state index in [1.165, 1.54) is 19.5 Å². The van der Waals surface area contributed by atoms with E-state index in [0.29, 0.717) is 28.1 Å². The van der Waals surface area contributed by atoms with E-state index in [4.69, 9.17) is 4.74 Å². The third kappa shape index (κ3) is 1.80. The maximum Gasteiger partial charge on any atom is 0.186 e. The van der Waals surface area contributed by atoms with E-state index in [2.05, 4.69) is 31.9 Å². The zero-order valence-electron chi connectivity index (χ0n) is 10.6. The van der Waals surface area contributed by atoms with Crippen LogP contribution in [0, 0.1) is 5.82 Å². The number of fused-ring (bicyclic) bond motifs is 1. The highest BCUT2D eigenvalue weighted by molar-refractivity contribution is 5.97. The Morgan fingerprint density at radius 1 is 1.35 bits per heavy atom. The van der Waals surface area contributed by atoms with Crippen molar-refractivity contribution >= 4 is 23.6 Å². The molecule has 1 N–H and O–H groups in total. The number of benzene rings is 1. The van der Waals surface area contributed by atoms with Gasteiger partial charge in [-0.2, -0.15) is 5.10 Å². The molecular weight excluding hydrogens is 261 g/mol. The minimum Gasteiger partial charge on any atom is -0.494 e. The number of aliphatic imine (C=N–C) groups is 1. The van der Waals surface area contributed by atoms with E-state index < -0.39 is 5.82 Å². The largest absolute Gasteiger partial charge is 0.494 e. The summed E-state index contributed by atoms with van der Waals surface area (Å²) >= 11 is 0. The Labute approximate surface area is 113 Å². The first-order chi connectivity index (χ1) is 9.74. The average Bonchev–Trinajstić information content (AvgIpc) is 2.91. The minimum absolute atomic E-state index is 0.177. The highest BCUT2D eigenvalue weighted by Gasteiger charge is 2.15. The monoisotopic (exact) mass is 271 g/mol. The summed E-state index contributed by atoms with van der Waals surface area (Å²) in [6.07, 6.45) is 1.35. The highest BCUT2D eigenvalue weighted by atomic mass is 19.1. The lowest BCUT2D eigenvalue weighted by atomic mass is 10.1. The summed E-state index contributed by atoms with van der Waals surface area (Å²) in [6.45, 7) is 3.46. The quantitative estimate of drug-likeness (QED) is 0.742. The molecule has 1 aromatic carbocycles. The lowest BCUT2D eigenvalue weighted by molar-refractivity contribution is 0.386. The fraction of sp³-hybridized carbons (Fsp3) is 0.0769. The molecule has 0 bridgehead atoms. The second kappa shape index (κ2) is 4.69. The van der Waals surface area contributed by atoms with Crippen LogP contribution in [0.1, 0.15) is 0 Å². The second-order valence-electron chi connectivity index (χ2n) is 4.00. The van der Waals surface area contributed by atoms with E-state index in [9.17, 15) is 4.39 Å². The number of rotatable bonds is 3. The maximum atomic E-state index is 13.8. The fourth-order valence-electron chi connectivity index (χ4n) is 1.99. The van der Waals surface area contributed by atoms with E-state index in [1.807, 2.05) is 0 Å². The van der Waals surface area contributed by atoms with Crippen LogP contribution in [0.15, 0.2) is 29.5 Å². The molecule has 0 unspecified atom stereocenters. The van der Waals surface area contributed by atoms with Crippen molar-refractivity contribution in [2.45, 2.75) is 0 Å². The van der Waals surface area contributed by atoms with Gasteiger partial charge in [0.05, 0.1) is 18.2 Å². The summed E-state index contributed by atoms with van der Waals surface area (Å²) < 4.78 is 18.7. The molecular formula is C13H10FN5O. The minimum atomic E-state index is -0.460. The van der Waals surface area contributed by atoms with Crippen LogP contribution in [0.2, 0.25) is 0 Å². The van der Waals surface area contributed by atoms with Gasteiger partial charge in [0, 0.05) is 5.56 Å². The lowest BCUT2D eigenvalue weighted by Crippen LogP contribution is -1.89. The predicted octanol–water partition coefficient (Wildman–Crippen LogP) is 2.50. The van der Waals surface area contributed by atoms with Crippen molar-refractivity contribution in [3.63, 3.8) is 0 Å². The Kier molecular flexibility index (Phi) is 2.86. The molecule has 0 amide bonds. The molecule has 7 heteroatoms. The highest BCUT2D eigenvalue weighted by Crippen LogP contribution is 2.32. The first-order valence-electron chi connectivity index (χ1n) is 5.74. The molecule has 0 spiro atoms. The number of hydrogen-bond donors (Lipinski definition) is 1. The predicted molar refractivity (Wildman–Crippen MR) is 72.8 cm³/mol. The first-order valence-corrected chi connectivity index (χ1v) is 5.74. The molecule has 2 heterocycles. The van der Waals surface area contributed by atoms with Crippen molar-refractivity contribution in [3.05, 3.63) is 30.3 Å². The van der Waals surface area contributed by atoms with Gasteiger partial charge in [-0.25, -0.2) is 19.4 Å². The van der Waals surface area contributed by atoms with E-state index in [1.54, 1.807) is 12.1 Å². The normalized spacial score (nSPS) is 10.7. The van der Waals surface area contributed by atoms with E-state index >= 15 is 0 Å². The Morgan fingerprint density at radius 3 is 2.90 bits per heavy atom. The summed E-state index contributed by atoms with van der Waals surface area (Å²) in [6, 6.07) is 4.61. The SMILES string of the molecule is C=Nc1ncnc2n[nH]c(-c3ccc(OC)c(F)c3)c12. The summed E-state index contributed by atoms with van der Waals surface area (Å²) in [5.41, 5.74) is 1.64. The molecule has 0 atom stereocenters. The summed E-state index contributed by atoms with van der Waals surface area (Å²) in [4.78, 5) is 11.9. The number of halogens is 1. The molecule has 0 saturated carbocycles. The van der Waals surface area contributed by atoms with Crippen LogP contribution in [0.25, 0.3) is 22.3 Å². The van der Waals surface area contributed by atoms with Gasteiger partial charge in [0.15, 0.2) is 23.0 Å². The molecule has 0 aliphatic carbocycles. The lowest BCUT2D eigenvalue weighted by Gasteiger charge is -2.04. The number of nitrogens with zero attached hydrogens (tertiary/aromatic N) is 4. The van der Waals surface area contributed by atoms with Gasteiger partial charge < -0.3 is 4.74 Å². The molecule has 2 aromatic heterocycles. The molecule has 3 rings (SSSR count). The summed E-state index contributed by atoms with van der Waals surface area (Å²) in [5, 5.41) is 7.48. The number of nitrogens with one attached hydrogen (secondary N) is 1. The third-order valence-electron chi connectivity index (χ3n) is 2.92. The van der Waals surface area contributed by atoms with Crippen LogP contribution in [0.3, 0.4) is 0 Å². The van der Waals surface area contributed by atoms with Crippen LogP contribution < -0.4 is 4.74 Å². The van der Waals surface area contributed by atoms with Crippen LogP contribution in [-0.4, -0.2) is 34.0 Å². The smallest absolute Gasteiger partial charge is 0.186 e. The maximum absolute atomic E-state index is 13.8. The Balaban J connectivity index is 2.24. The topological polar surface area (TPSA) is 76.0 Å². The second-order valence-corrected chi connectivity index (χ2v) is 4.00. The molecule has 0 aliphatic rings. The van der Waals surface area contributed by atoms with Crippen molar-refractivity contribution in [1.82, 2.24) is 20.2 Å². The van der Waals surface area contributed by atoms with Crippen molar-refractivity contribution in [3.8, 4) is 17.0 Å². The number of hydrogen-bond acceptors (Lipinski definition) is 5. The van der Waals surface area contributed by atoms with Gasteiger partial charge in [-0.15, -0.1) is 0 Å². The van der Waals surface area contributed by atoms with Gasteiger partial charge in [0.1, 0.15) is 6.33 Å². The van der Waals surface area contributed by atoms with Crippen LogP contribution in [0.4, 0.5) is 10.2 Å². The zero-order chi connectivity index (χ0) is 14.1. The van der Waals surface area contributed by atoms with Gasteiger partial charge in [-0.3, -0.25) is 5.10 Å². The van der Waals surface area contributed by atoms with Crippen LogP contribution >= 0.6 is 0 Å². The van der Waals surface area contributed by atoms with Crippen molar-refractivity contribution in [2.75, 3.05) is 7.11 Å². The number of methoxy groups -OCH3 is 1. The molecule has 20 heavy (non-hydrogen) atoms. The first kappa shape index (κ1) is 12.2. The Morgan fingerprint density at radius 2 is 2.20 bits per heavy atom. The number of H-pyrrole nitrogens is 1. The summed E-state index contributed by atoms with van der Waals surface area (Å²) in [5.74, 6) is 0.114. The van der Waals surface area contributed by atoms with Crippen molar-refractivity contribution < 1.29 is 9.13 Å². The number of ether oxygens (including phenoxy) is 1. The molecule has 0 saturated heterocycles. The molecule has 6 nitrogen and oxygen atoms in total. The van der Waals surface area contributed by atoms with Gasteiger partial charge in [-0.1, -0.05) is 0 Å². The zero-order valence-corrected chi connectivity index (χ0v) is 10.6. The fourth-order valence-corrected chi connectivity index (χ4v) is 1.99. The standard InChI is InChI=1S/C13H10FN5O/c1-15-12-10-11(18-19-13(10)17-6-16-12)7-3-4-9(20-2)8(14)5-7/h3-6H,1H2,2H3,(H,16,17,18,19). The van der Waals surface area contributed by atoms with Crippen molar-refractivity contribution in [1.29, 1.82) is 0 Å². The van der Waals surface area contributed by atoms with Gasteiger partial charge in [0.2, 0.25) is 0 Å². The van der Waals surface area contributed by atoms with Crippen LogP contribution in [0.5, 0.6) is 5.75 Å². The van der Waals surface area contributed by atoms with Gasteiger partial charge in [-0.05, 0) is 24.9 Å². The molecule has 0 aliphatic heterocycles. The van der Waals surface area contributed by atoms with E-state index in [-0.39, 0.29) is 5.75 Å². The molecule has 0 fully saturated rings. The Bertz CT molecular complexity index is 799. The van der Waals surface area contributed by atoms with Gasteiger partial charge in [0.25, 0.3) is 0 Å². The number of aromatic amines is 1. The molecule has 0 radical (unpaired) electrons. The third-order valence-corrected chi connectivity index (χ3v) is 2.92. The van der Waals surface area contributed by atoms with E-state index in [0.717, 1.165) is 0 Å².